The van der Waals surface area contributed by atoms with Gasteiger partial charge in [0.15, 0.2) is 0 Å². The molecule has 0 bridgehead atoms. The second-order valence-corrected chi connectivity index (χ2v) is 7.05. The Labute approximate surface area is 166 Å². The minimum atomic E-state index is 0.687. The molecule has 2 aromatic carbocycles. The quantitative estimate of drug-likeness (QED) is 0.638. The Balaban J connectivity index is 1.40. The second kappa shape index (κ2) is 8.48. The number of aryl methyl sites for hydroxylation is 1. The molecule has 2 heterocycles. The average molecular weight is 377 g/mol. The number of ether oxygens (including phenoxy) is 1. The monoisotopic (exact) mass is 377 g/mol. The number of hydrogen-bond donors (Lipinski definition) is 0. The van der Waals surface area contributed by atoms with E-state index in [1.807, 2.05) is 50.2 Å². The van der Waals surface area contributed by atoms with Crippen LogP contribution in [0.2, 0.25) is 0 Å². The summed E-state index contributed by atoms with van der Waals surface area (Å²) in [5.41, 5.74) is 3.24. The minimum absolute atomic E-state index is 0.687. The van der Waals surface area contributed by atoms with Crippen molar-refractivity contribution in [3.05, 3.63) is 66.1 Å². The summed E-state index contributed by atoms with van der Waals surface area (Å²) in [6, 6.07) is 18.4. The molecule has 1 aromatic heterocycles. The summed E-state index contributed by atoms with van der Waals surface area (Å²) in [6.07, 6.45) is 0. The topological polar surface area (TPSA) is 41.7 Å². The highest BCUT2D eigenvalue weighted by atomic mass is 16.5. The number of rotatable bonds is 6. The molecule has 1 aliphatic rings. The number of aromatic nitrogens is 1. The van der Waals surface area contributed by atoms with Gasteiger partial charge in [-0.2, -0.15) is 0 Å². The fourth-order valence-electron chi connectivity index (χ4n) is 3.63. The van der Waals surface area contributed by atoms with Crippen LogP contribution in [0.4, 0.5) is 5.69 Å². The van der Waals surface area contributed by atoms with E-state index in [1.165, 1.54) is 5.69 Å². The highest BCUT2D eigenvalue weighted by molar-refractivity contribution is 5.58. The van der Waals surface area contributed by atoms with Gasteiger partial charge in [-0.15, -0.1) is 0 Å². The number of nitrogens with zero attached hydrogens (tertiary/aromatic N) is 3. The number of para-hydroxylation sites is 2. The van der Waals surface area contributed by atoms with Crippen molar-refractivity contribution in [1.29, 1.82) is 0 Å². The maximum Gasteiger partial charge on any atom is 0.226 e. The molecule has 3 aromatic rings. The van der Waals surface area contributed by atoms with Crippen LogP contribution in [0.5, 0.6) is 5.75 Å². The van der Waals surface area contributed by atoms with Gasteiger partial charge in [-0.05, 0) is 38.1 Å². The molecule has 0 aliphatic carbocycles. The Morgan fingerprint density at radius 3 is 2.43 bits per heavy atom. The Bertz CT molecular complexity index is 899. The standard InChI is InChI=1S/C23H27N3O2/c1-3-27-22-12-8-7-11-21(22)26-15-13-25(14-16-26)17-20-18(2)28-23(24-20)19-9-5-4-6-10-19/h4-12H,3,13-17H2,1-2H3. The van der Waals surface area contributed by atoms with Crippen LogP contribution in [0, 0.1) is 6.92 Å². The van der Waals surface area contributed by atoms with Crippen LogP contribution >= 0.6 is 0 Å². The minimum Gasteiger partial charge on any atom is -0.492 e. The van der Waals surface area contributed by atoms with Crippen molar-refractivity contribution in [2.75, 3.05) is 37.7 Å². The molecule has 0 atom stereocenters. The van der Waals surface area contributed by atoms with Crippen molar-refractivity contribution in [1.82, 2.24) is 9.88 Å². The lowest BCUT2D eigenvalue weighted by molar-refractivity contribution is 0.245. The van der Waals surface area contributed by atoms with Crippen molar-refractivity contribution in [2.45, 2.75) is 20.4 Å². The van der Waals surface area contributed by atoms with Crippen LogP contribution in [-0.4, -0.2) is 42.7 Å². The van der Waals surface area contributed by atoms with E-state index in [9.17, 15) is 0 Å². The van der Waals surface area contributed by atoms with Gasteiger partial charge in [0.2, 0.25) is 5.89 Å². The summed E-state index contributed by atoms with van der Waals surface area (Å²) in [7, 11) is 0. The van der Waals surface area contributed by atoms with E-state index in [1.54, 1.807) is 0 Å². The van der Waals surface area contributed by atoms with Crippen LogP contribution in [0.25, 0.3) is 11.5 Å². The molecule has 146 valence electrons. The number of benzene rings is 2. The summed E-state index contributed by atoms with van der Waals surface area (Å²) in [6.45, 7) is 9.48. The molecule has 5 nitrogen and oxygen atoms in total. The van der Waals surface area contributed by atoms with E-state index in [0.29, 0.717) is 12.5 Å². The van der Waals surface area contributed by atoms with E-state index >= 15 is 0 Å². The lowest BCUT2D eigenvalue weighted by Crippen LogP contribution is -2.46. The fourth-order valence-corrected chi connectivity index (χ4v) is 3.63. The Hall–Kier alpha value is -2.79. The zero-order chi connectivity index (χ0) is 19.3. The molecular formula is C23H27N3O2. The van der Waals surface area contributed by atoms with Crippen LogP contribution in [0.1, 0.15) is 18.4 Å². The van der Waals surface area contributed by atoms with Crippen LogP contribution in [-0.2, 0) is 6.54 Å². The van der Waals surface area contributed by atoms with E-state index in [-0.39, 0.29) is 0 Å². The first kappa shape index (κ1) is 18.6. The molecule has 0 unspecified atom stereocenters. The Kier molecular flexibility index (Phi) is 5.63. The van der Waals surface area contributed by atoms with Gasteiger partial charge in [-0.25, -0.2) is 4.98 Å². The van der Waals surface area contributed by atoms with Gasteiger partial charge in [0, 0.05) is 38.3 Å². The zero-order valence-corrected chi connectivity index (χ0v) is 16.6. The van der Waals surface area contributed by atoms with Crippen molar-refractivity contribution < 1.29 is 9.15 Å². The number of anilines is 1. The van der Waals surface area contributed by atoms with Gasteiger partial charge >= 0.3 is 0 Å². The normalized spacial score (nSPS) is 15.0. The molecule has 28 heavy (non-hydrogen) atoms. The maximum atomic E-state index is 5.91. The molecule has 0 amide bonds. The largest absolute Gasteiger partial charge is 0.492 e. The van der Waals surface area contributed by atoms with Crippen molar-refractivity contribution >= 4 is 5.69 Å². The summed E-state index contributed by atoms with van der Waals surface area (Å²) >= 11 is 0. The van der Waals surface area contributed by atoms with Crippen LogP contribution in [0.3, 0.4) is 0 Å². The number of oxazole rings is 1. The van der Waals surface area contributed by atoms with E-state index < -0.39 is 0 Å². The van der Waals surface area contributed by atoms with Crippen LogP contribution in [0.15, 0.2) is 59.0 Å². The summed E-state index contributed by atoms with van der Waals surface area (Å²) in [5.74, 6) is 2.58. The molecule has 0 radical (unpaired) electrons. The van der Waals surface area contributed by atoms with Crippen molar-refractivity contribution in [3.63, 3.8) is 0 Å². The van der Waals surface area contributed by atoms with Gasteiger partial charge in [0.1, 0.15) is 11.5 Å². The summed E-state index contributed by atoms with van der Waals surface area (Å²) in [4.78, 5) is 9.60. The predicted octanol–water partition coefficient (Wildman–Crippen LogP) is 4.37. The molecule has 0 saturated carbocycles. The van der Waals surface area contributed by atoms with Gasteiger partial charge in [0.25, 0.3) is 0 Å². The van der Waals surface area contributed by atoms with Gasteiger partial charge < -0.3 is 14.1 Å². The maximum absolute atomic E-state index is 5.91. The van der Waals surface area contributed by atoms with Crippen LogP contribution < -0.4 is 9.64 Å². The van der Waals surface area contributed by atoms with Gasteiger partial charge in [-0.1, -0.05) is 30.3 Å². The van der Waals surface area contributed by atoms with Gasteiger partial charge in [0.05, 0.1) is 18.0 Å². The lowest BCUT2D eigenvalue weighted by Gasteiger charge is -2.36. The molecule has 0 spiro atoms. The molecule has 4 rings (SSSR count). The van der Waals surface area contributed by atoms with Gasteiger partial charge in [-0.3, -0.25) is 4.90 Å². The number of hydrogen-bond acceptors (Lipinski definition) is 5. The summed E-state index contributed by atoms with van der Waals surface area (Å²) < 4.78 is 11.7. The fraction of sp³-hybridized carbons (Fsp3) is 0.348. The highest BCUT2D eigenvalue weighted by Gasteiger charge is 2.21. The third-order valence-corrected chi connectivity index (χ3v) is 5.16. The second-order valence-electron chi connectivity index (χ2n) is 7.05. The number of piperazine rings is 1. The Morgan fingerprint density at radius 1 is 0.964 bits per heavy atom. The van der Waals surface area contributed by atoms with E-state index in [2.05, 4.69) is 28.0 Å². The zero-order valence-electron chi connectivity index (χ0n) is 16.6. The lowest BCUT2D eigenvalue weighted by atomic mass is 10.2. The van der Waals surface area contributed by atoms with Crippen molar-refractivity contribution in [2.24, 2.45) is 0 Å². The molecular weight excluding hydrogens is 350 g/mol. The molecule has 1 saturated heterocycles. The third kappa shape index (κ3) is 4.04. The Morgan fingerprint density at radius 2 is 1.68 bits per heavy atom. The summed E-state index contributed by atoms with van der Waals surface area (Å²) in [5, 5.41) is 0. The first-order valence-electron chi connectivity index (χ1n) is 9.95. The van der Waals surface area contributed by atoms with E-state index in [0.717, 1.165) is 55.5 Å². The van der Waals surface area contributed by atoms with Crippen molar-refractivity contribution in [3.8, 4) is 17.2 Å². The molecule has 1 fully saturated rings. The highest BCUT2D eigenvalue weighted by Crippen LogP contribution is 2.29. The first-order valence-corrected chi connectivity index (χ1v) is 9.95. The van der Waals surface area contributed by atoms with E-state index in [4.69, 9.17) is 14.1 Å². The SMILES string of the molecule is CCOc1ccccc1N1CCN(Cc2nc(-c3ccccc3)oc2C)CC1. The third-order valence-electron chi connectivity index (χ3n) is 5.16. The smallest absolute Gasteiger partial charge is 0.226 e. The average Bonchev–Trinajstić information content (AvgIpc) is 3.10. The first-order chi connectivity index (χ1) is 13.7. The molecule has 1 aliphatic heterocycles. The molecule has 0 N–H and O–H groups in total. The molecule has 5 heteroatoms. The predicted molar refractivity (Wildman–Crippen MR) is 112 cm³/mol.